The summed E-state index contributed by atoms with van der Waals surface area (Å²) in [5.74, 6) is 1.80. The van der Waals surface area contributed by atoms with E-state index in [0.29, 0.717) is 0 Å². The van der Waals surface area contributed by atoms with Gasteiger partial charge in [-0.3, -0.25) is 0 Å². The fourth-order valence-corrected chi connectivity index (χ4v) is 1.20. The molecule has 72 valence electrons. The van der Waals surface area contributed by atoms with Crippen molar-refractivity contribution in [3.8, 4) is 0 Å². The summed E-state index contributed by atoms with van der Waals surface area (Å²) in [6.45, 7) is 8.60. The Morgan fingerprint density at radius 3 is 2.54 bits per heavy atom. The van der Waals surface area contributed by atoms with Crippen molar-refractivity contribution in [2.45, 2.75) is 13.8 Å². The van der Waals surface area contributed by atoms with E-state index in [1.165, 1.54) is 0 Å². The molecule has 1 aromatic heterocycles. The fourth-order valence-electron chi connectivity index (χ4n) is 1.20. The van der Waals surface area contributed by atoms with Gasteiger partial charge in [-0.25, -0.2) is 0 Å². The van der Waals surface area contributed by atoms with Crippen LogP contribution < -0.4 is 4.90 Å². The second-order valence-electron chi connectivity index (χ2n) is 3.42. The molecule has 0 aliphatic heterocycles. The molecule has 1 rings (SSSR count). The summed E-state index contributed by atoms with van der Waals surface area (Å²) in [7, 11) is 3.94. The van der Waals surface area contributed by atoms with Crippen molar-refractivity contribution in [1.29, 1.82) is 0 Å². The number of hydrogen-bond donors (Lipinski definition) is 0. The van der Waals surface area contributed by atoms with Crippen LogP contribution in [0.4, 0.5) is 5.95 Å². The number of likely N-dealkylation sites (N-methyl/N-ethyl adjacent to an activating group) is 1. The molecule has 0 aliphatic rings. The third-order valence-corrected chi connectivity index (χ3v) is 1.92. The van der Waals surface area contributed by atoms with E-state index in [1.807, 2.05) is 37.4 Å². The van der Waals surface area contributed by atoms with Crippen molar-refractivity contribution >= 4 is 5.95 Å². The minimum absolute atomic E-state index is 0.811. The Labute approximate surface area is 78.9 Å². The second kappa shape index (κ2) is 3.60. The highest BCUT2D eigenvalue weighted by Gasteiger charge is 2.08. The lowest BCUT2D eigenvalue weighted by Gasteiger charge is -2.17. The number of aryl methyl sites for hydroxylation is 1. The Balaban J connectivity index is 2.82. The summed E-state index contributed by atoms with van der Waals surface area (Å²) in [5, 5.41) is 8.05. The van der Waals surface area contributed by atoms with Crippen LogP contribution in [-0.2, 0) is 7.05 Å². The molecule has 0 bridgehead atoms. The molecular weight excluding hydrogens is 164 g/mol. The first-order chi connectivity index (χ1) is 6.02. The minimum atomic E-state index is 0.811. The summed E-state index contributed by atoms with van der Waals surface area (Å²) < 4.78 is 1.96. The average molecular weight is 180 g/mol. The molecule has 1 aromatic rings. The number of aromatic nitrogens is 3. The SMILES string of the molecule is C=C(C)CN(C)c1nnc(C)n1C. The first-order valence-corrected chi connectivity index (χ1v) is 4.24. The molecule has 4 nitrogen and oxygen atoms in total. The molecule has 0 N–H and O–H groups in total. The van der Waals surface area contributed by atoms with Gasteiger partial charge in [0.25, 0.3) is 0 Å². The van der Waals surface area contributed by atoms with Crippen LogP contribution in [0.15, 0.2) is 12.2 Å². The average Bonchev–Trinajstić information content (AvgIpc) is 2.31. The standard InChI is InChI=1S/C9H16N4/c1-7(2)6-12(4)9-11-10-8(3)13(9)5/h1,6H2,2-5H3. The Bertz CT molecular complexity index is 313. The molecule has 0 saturated carbocycles. The van der Waals surface area contributed by atoms with Crippen molar-refractivity contribution < 1.29 is 0 Å². The zero-order chi connectivity index (χ0) is 10.0. The van der Waals surface area contributed by atoms with E-state index in [9.17, 15) is 0 Å². The number of hydrogen-bond acceptors (Lipinski definition) is 3. The van der Waals surface area contributed by atoms with Crippen LogP contribution in [-0.4, -0.2) is 28.4 Å². The van der Waals surface area contributed by atoms with Gasteiger partial charge in [0, 0.05) is 20.6 Å². The molecule has 0 radical (unpaired) electrons. The van der Waals surface area contributed by atoms with Gasteiger partial charge in [-0.15, -0.1) is 10.2 Å². The molecule has 1 heterocycles. The zero-order valence-electron chi connectivity index (χ0n) is 8.70. The van der Waals surface area contributed by atoms with E-state index in [4.69, 9.17) is 0 Å². The van der Waals surface area contributed by atoms with Crippen LogP contribution in [0.5, 0.6) is 0 Å². The van der Waals surface area contributed by atoms with Gasteiger partial charge in [0.15, 0.2) is 0 Å². The Morgan fingerprint density at radius 2 is 2.15 bits per heavy atom. The van der Waals surface area contributed by atoms with Crippen molar-refractivity contribution in [2.24, 2.45) is 7.05 Å². The molecule has 13 heavy (non-hydrogen) atoms. The first kappa shape index (κ1) is 9.77. The van der Waals surface area contributed by atoms with Crippen LogP contribution in [0, 0.1) is 6.92 Å². The van der Waals surface area contributed by atoms with Crippen molar-refractivity contribution in [3.05, 3.63) is 18.0 Å². The Morgan fingerprint density at radius 1 is 1.54 bits per heavy atom. The van der Waals surface area contributed by atoms with Gasteiger partial charge in [0.1, 0.15) is 5.82 Å². The lowest BCUT2D eigenvalue weighted by molar-refractivity contribution is 0.812. The van der Waals surface area contributed by atoms with Gasteiger partial charge in [-0.1, -0.05) is 12.2 Å². The molecular formula is C9H16N4. The third kappa shape index (κ3) is 2.08. The first-order valence-electron chi connectivity index (χ1n) is 4.24. The van der Waals surface area contributed by atoms with Crippen LogP contribution in [0.2, 0.25) is 0 Å². The van der Waals surface area contributed by atoms with Crippen LogP contribution in [0.25, 0.3) is 0 Å². The normalized spacial score (nSPS) is 10.2. The zero-order valence-corrected chi connectivity index (χ0v) is 8.70. The second-order valence-corrected chi connectivity index (χ2v) is 3.42. The highest BCUT2D eigenvalue weighted by molar-refractivity contribution is 5.31. The van der Waals surface area contributed by atoms with E-state index in [-0.39, 0.29) is 0 Å². The molecule has 0 fully saturated rings. The van der Waals surface area contributed by atoms with Crippen LogP contribution in [0.1, 0.15) is 12.7 Å². The minimum Gasteiger partial charge on any atom is -0.340 e. The summed E-state index contributed by atoms with van der Waals surface area (Å²) in [6.07, 6.45) is 0. The van der Waals surface area contributed by atoms with Crippen LogP contribution in [0.3, 0.4) is 0 Å². The monoisotopic (exact) mass is 180 g/mol. The van der Waals surface area contributed by atoms with Crippen molar-refractivity contribution in [3.63, 3.8) is 0 Å². The smallest absolute Gasteiger partial charge is 0.226 e. The molecule has 0 atom stereocenters. The highest BCUT2D eigenvalue weighted by atomic mass is 15.4. The summed E-state index contributed by atoms with van der Waals surface area (Å²) >= 11 is 0. The van der Waals surface area contributed by atoms with E-state index >= 15 is 0 Å². The molecule has 0 saturated heterocycles. The van der Waals surface area contributed by atoms with Gasteiger partial charge in [-0.2, -0.15) is 0 Å². The van der Waals surface area contributed by atoms with Crippen molar-refractivity contribution in [2.75, 3.05) is 18.5 Å². The molecule has 0 spiro atoms. The summed E-state index contributed by atoms with van der Waals surface area (Å²) in [5.41, 5.74) is 1.11. The third-order valence-electron chi connectivity index (χ3n) is 1.92. The Hall–Kier alpha value is -1.32. The lowest BCUT2D eigenvalue weighted by Crippen LogP contribution is -2.22. The topological polar surface area (TPSA) is 34.0 Å². The maximum absolute atomic E-state index is 4.07. The fraction of sp³-hybridized carbons (Fsp3) is 0.556. The van der Waals surface area contributed by atoms with Gasteiger partial charge < -0.3 is 9.47 Å². The maximum Gasteiger partial charge on any atom is 0.226 e. The van der Waals surface area contributed by atoms with Gasteiger partial charge in [0.05, 0.1) is 0 Å². The summed E-state index contributed by atoms with van der Waals surface area (Å²) in [6, 6.07) is 0. The van der Waals surface area contributed by atoms with Gasteiger partial charge in [0.2, 0.25) is 5.95 Å². The molecule has 0 amide bonds. The lowest BCUT2D eigenvalue weighted by atomic mass is 10.3. The summed E-state index contributed by atoms with van der Waals surface area (Å²) in [4.78, 5) is 2.03. The molecule has 0 aliphatic carbocycles. The quantitative estimate of drug-likeness (QED) is 0.654. The van der Waals surface area contributed by atoms with Crippen LogP contribution >= 0.6 is 0 Å². The molecule has 0 aromatic carbocycles. The van der Waals surface area contributed by atoms with Crippen molar-refractivity contribution in [1.82, 2.24) is 14.8 Å². The number of nitrogens with zero attached hydrogens (tertiary/aromatic N) is 4. The van der Waals surface area contributed by atoms with Gasteiger partial charge >= 0.3 is 0 Å². The highest BCUT2D eigenvalue weighted by Crippen LogP contribution is 2.09. The molecule has 4 heteroatoms. The van der Waals surface area contributed by atoms with E-state index in [0.717, 1.165) is 23.9 Å². The maximum atomic E-state index is 4.07. The number of anilines is 1. The predicted octanol–water partition coefficient (Wildman–Crippen LogP) is 1.14. The van der Waals surface area contributed by atoms with E-state index in [1.54, 1.807) is 0 Å². The molecule has 0 unspecified atom stereocenters. The Kier molecular flexibility index (Phi) is 2.70. The predicted molar refractivity (Wildman–Crippen MR) is 53.8 cm³/mol. The number of rotatable bonds is 3. The van der Waals surface area contributed by atoms with E-state index < -0.39 is 0 Å². The van der Waals surface area contributed by atoms with E-state index in [2.05, 4.69) is 16.8 Å². The van der Waals surface area contributed by atoms with Gasteiger partial charge in [-0.05, 0) is 13.8 Å². The largest absolute Gasteiger partial charge is 0.340 e.